The standard InChI is InChI=1S/C16H19N3O/c20-16(19-11-4-3-10-17-12-19)18-15-9-5-7-13-6-1-2-8-14(13)15/h1-2,5-9,17H,3-4,10-12H2,(H,18,20). The van der Waals surface area contributed by atoms with Crippen molar-refractivity contribution in [2.45, 2.75) is 12.8 Å². The maximum atomic E-state index is 12.3. The molecule has 104 valence electrons. The molecule has 0 aromatic heterocycles. The Morgan fingerprint density at radius 2 is 1.95 bits per heavy atom. The van der Waals surface area contributed by atoms with Gasteiger partial charge in [-0.3, -0.25) is 5.32 Å². The summed E-state index contributed by atoms with van der Waals surface area (Å²) in [5.74, 6) is 0. The van der Waals surface area contributed by atoms with Crippen LogP contribution in [-0.4, -0.2) is 30.7 Å². The number of amides is 2. The van der Waals surface area contributed by atoms with Crippen LogP contribution in [0.4, 0.5) is 10.5 Å². The van der Waals surface area contributed by atoms with E-state index in [-0.39, 0.29) is 6.03 Å². The number of hydrogen-bond acceptors (Lipinski definition) is 2. The van der Waals surface area contributed by atoms with Crippen LogP contribution in [0, 0.1) is 0 Å². The number of carbonyl (C=O) groups excluding carboxylic acids is 1. The molecule has 0 spiro atoms. The molecule has 1 aliphatic heterocycles. The number of rotatable bonds is 1. The lowest BCUT2D eigenvalue weighted by molar-refractivity contribution is 0.211. The van der Waals surface area contributed by atoms with Crippen molar-refractivity contribution in [2.75, 3.05) is 25.1 Å². The molecule has 0 radical (unpaired) electrons. The zero-order valence-electron chi connectivity index (χ0n) is 11.4. The Morgan fingerprint density at radius 1 is 1.10 bits per heavy atom. The van der Waals surface area contributed by atoms with E-state index in [0.29, 0.717) is 6.67 Å². The van der Waals surface area contributed by atoms with Gasteiger partial charge in [-0.25, -0.2) is 4.79 Å². The molecule has 2 N–H and O–H groups in total. The lowest BCUT2D eigenvalue weighted by Gasteiger charge is -2.21. The summed E-state index contributed by atoms with van der Waals surface area (Å²) in [4.78, 5) is 14.2. The minimum atomic E-state index is -0.0317. The maximum absolute atomic E-state index is 12.3. The normalized spacial score (nSPS) is 15.9. The number of nitrogens with zero attached hydrogens (tertiary/aromatic N) is 1. The second-order valence-corrected chi connectivity index (χ2v) is 5.09. The monoisotopic (exact) mass is 269 g/mol. The highest BCUT2D eigenvalue weighted by Crippen LogP contribution is 2.23. The maximum Gasteiger partial charge on any atom is 0.322 e. The minimum Gasteiger partial charge on any atom is -0.312 e. The summed E-state index contributed by atoms with van der Waals surface area (Å²) >= 11 is 0. The fourth-order valence-corrected chi connectivity index (χ4v) is 2.55. The zero-order valence-corrected chi connectivity index (χ0v) is 11.4. The first-order chi connectivity index (χ1) is 9.84. The highest BCUT2D eigenvalue weighted by atomic mass is 16.2. The SMILES string of the molecule is O=C(Nc1cccc2ccccc12)N1CCCCNC1. The van der Waals surface area contributed by atoms with E-state index in [4.69, 9.17) is 0 Å². The van der Waals surface area contributed by atoms with E-state index in [0.717, 1.165) is 42.4 Å². The Kier molecular flexibility index (Phi) is 3.83. The second kappa shape index (κ2) is 5.92. The van der Waals surface area contributed by atoms with Crippen LogP contribution >= 0.6 is 0 Å². The molecule has 2 aromatic carbocycles. The molecule has 4 nitrogen and oxygen atoms in total. The van der Waals surface area contributed by atoms with Crippen LogP contribution in [-0.2, 0) is 0 Å². The minimum absolute atomic E-state index is 0.0317. The molecule has 0 bridgehead atoms. The lowest BCUT2D eigenvalue weighted by atomic mass is 10.1. The fourth-order valence-electron chi connectivity index (χ4n) is 2.55. The van der Waals surface area contributed by atoms with Crippen molar-refractivity contribution >= 4 is 22.5 Å². The molecule has 1 saturated heterocycles. The predicted molar refractivity (Wildman–Crippen MR) is 81.8 cm³/mol. The van der Waals surface area contributed by atoms with Crippen molar-refractivity contribution in [3.8, 4) is 0 Å². The molecule has 0 atom stereocenters. The van der Waals surface area contributed by atoms with E-state index in [9.17, 15) is 4.79 Å². The predicted octanol–water partition coefficient (Wildman–Crippen LogP) is 3.01. The molecular formula is C16H19N3O. The number of benzene rings is 2. The van der Waals surface area contributed by atoms with E-state index in [1.54, 1.807) is 0 Å². The molecule has 2 aromatic rings. The smallest absolute Gasteiger partial charge is 0.312 e. The van der Waals surface area contributed by atoms with Crippen molar-refractivity contribution in [3.05, 3.63) is 42.5 Å². The molecular weight excluding hydrogens is 250 g/mol. The molecule has 2 amide bonds. The summed E-state index contributed by atoms with van der Waals surface area (Å²) in [5, 5.41) is 8.51. The van der Waals surface area contributed by atoms with Gasteiger partial charge in [-0.2, -0.15) is 0 Å². The van der Waals surface area contributed by atoms with Crippen molar-refractivity contribution in [3.63, 3.8) is 0 Å². The van der Waals surface area contributed by atoms with Crippen LogP contribution in [0.1, 0.15) is 12.8 Å². The van der Waals surface area contributed by atoms with Crippen LogP contribution in [0.5, 0.6) is 0 Å². The zero-order chi connectivity index (χ0) is 13.8. The van der Waals surface area contributed by atoms with E-state index in [1.807, 2.05) is 35.2 Å². The van der Waals surface area contributed by atoms with Gasteiger partial charge in [0.25, 0.3) is 0 Å². The number of fused-ring (bicyclic) bond motifs is 1. The summed E-state index contributed by atoms with van der Waals surface area (Å²) in [6.07, 6.45) is 2.17. The van der Waals surface area contributed by atoms with Crippen molar-refractivity contribution < 1.29 is 4.79 Å². The van der Waals surface area contributed by atoms with Gasteiger partial charge in [-0.15, -0.1) is 0 Å². The van der Waals surface area contributed by atoms with Crippen molar-refractivity contribution in [1.82, 2.24) is 10.2 Å². The van der Waals surface area contributed by atoms with E-state index in [2.05, 4.69) is 22.8 Å². The summed E-state index contributed by atoms with van der Waals surface area (Å²) < 4.78 is 0. The quantitative estimate of drug-likeness (QED) is 0.836. The summed E-state index contributed by atoms with van der Waals surface area (Å²) in [6.45, 7) is 2.41. The van der Waals surface area contributed by atoms with Gasteiger partial charge in [-0.1, -0.05) is 36.4 Å². The number of carbonyl (C=O) groups is 1. The fraction of sp³-hybridized carbons (Fsp3) is 0.312. The highest BCUT2D eigenvalue weighted by Gasteiger charge is 2.15. The largest absolute Gasteiger partial charge is 0.322 e. The van der Waals surface area contributed by atoms with Crippen molar-refractivity contribution in [1.29, 1.82) is 0 Å². The van der Waals surface area contributed by atoms with E-state index in [1.165, 1.54) is 0 Å². The summed E-state index contributed by atoms with van der Waals surface area (Å²) in [7, 11) is 0. The van der Waals surface area contributed by atoms with Crippen LogP contribution in [0.15, 0.2) is 42.5 Å². The molecule has 1 aliphatic rings. The molecule has 1 heterocycles. The molecule has 20 heavy (non-hydrogen) atoms. The number of nitrogens with one attached hydrogen (secondary N) is 2. The Hall–Kier alpha value is -2.07. The van der Waals surface area contributed by atoms with Gasteiger partial charge >= 0.3 is 6.03 Å². The average molecular weight is 269 g/mol. The summed E-state index contributed by atoms with van der Waals surface area (Å²) in [6, 6.07) is 14.0. The van der Waals surface area contributed by atoms with Crippen LogP contribution in [0.25, 0.3) is 10.8 Å². The van der Waals surface area contributed by atoms with Gasteiger partial charge in [0.2, 0.25) is 0 Å². The molecule has 1 fully saturated rings. The first-order valence-corrected chi connectivity index (χ1v) is 7.09. The molecule has 0 aliphatic carbocycles. The third-order valence-electron chi connectivity index (χ3n) is 3.65. The third-order valence-corrected chi connectivity index (χ3v) is 3.65. The Labute approximate surface area is 118 Å². The number of urea groups is 1. The average Bonchev–Trinajstić information content (AvgIpc) is 2.77. The molecule has 3 rings (SSSR count). The second-order valence-electron chi connectivity index (χ2n) is 5.09. The summed E-state index contributed by atoms with van der Waals surface area (Å²) in [5.41, 5.74) is 0.873. The van der Waals surface area contributed by atoms with Gasteiger partial charge in [0, 0.05) is 11.9 Å². The first kappa shape index (κ1) is 12.9. The molecule has 0 saturated carbocycles. The van der Waals surface area contributed by atoms with Crippen LogP contribution in [0.3, 0.4) is 0 Å². The van der Waals surface area contributed by atoms with Gasteiger partial charge < -0.3 is 10.2 Å². The van der Waals surface area contributed by atoms with E-state index >= 15 is 0 Å². The Bertz CT molecular complexity index is 598. The molecule has 4 heteroatoms. The third kappa shape index (κ3) is 2.75. The number of hydrogen-bond donors (Lipinski definition) is 2. The van der Waals surface area contributed by atoms with E-state index < -0.39 is 0 Å². The van der Waals surface area contributed by atoms with Crippen LogP contribution < -0.4 is 10.6 Å². The Morgan fingerprint density at radius 3 is 2.90 bits per heavy atom. The van der Waals surface area contributed by atoms with Crippen LogP contribution in [0.2, 0.25) is 0 Å². The van der Waals surface area contributed by atoms with Gasteiger partial charge in [0.05, 0.1) is 12.4 Å². The highest BCUT2D eigenvalue weighted by molar-refractivity contribution is 6.01. The first-order valence-electron chi connectivity index (χ1n) is 7.09. The number of anilines is 1. The molecule has 0 unspecified atom stereocenters. The lowest BCUT2D eigenvalue weighted by Crippen LogP contribution is -2.40. The van der Waals surface area contributed by atoms with Crippen molar-refractivity contribution in [2.24, 2.45) is 0 Å². The topological polar surface area (TPSA) is 44.4 Å². The van der Waals surface area contributed by atoms with Gasteiger partial charge in [0.1, 0.15) is 0 Å². The Balaban J connectivity index is 1.80. The van der Waals surface area contributed by atoms with Gasteiger partial charge in [-0.05, 0) is 30.8 Å². The van der Waals surface area contributed by atoms with Gasteiger partial charge in [0.15, 0.2) is 0 Å².